The molecule has 0 aliphatic rings. The maximum atomic E-state index is 12.2. The van der Waals surface area contributed by atoms with Crippen LogP contribution in [-0.2, 0) is 19.1 Å². The highest BCUT2D eigenvalue weighted by Crippen LogP contribution is 2.14. The van der Waals surface area contributed by atoms with E-state index in [2.05, 4.69) is 38.2 Å². The Labute approximate surface area is 285 Å². The summed E-state index contributed by atoms with van der Waals surface area (Å²) in [6.07, 6.45) is 43.9. The van der Waals surface area contributed by atoms with Gasteiger partial charge in [-0.2, -0.15) is 0 Å². The number of unbranched alkanes of at least 4 members (excludes halogenated alkanes) is 24. The SMILES string of the molecule is CCCC/C=C\CCCCCCCC(=O)OC[C@H](CO)OC(=O)CCCCCCCCCCCCC/C=C\CCCCCCCC. The van der Waals surface area contributed by atoms with Gasteiger partial charge in [-0.1, -0.05) is 160 Å². The smallest absolute Gasteiger partial charge is 0.306 e. The maximum Gasteiger partial charge on any atom is 0.306 e. The highest BCUT2D eigenvalue weighted by Gasteiger charge is 2.16. The van der Waals surface area contributed by atoms with Crippen LogP contribution in [0.1, 0.15) is 206 Å². The molecule has 46 heavy (non-hydrogen) atoms. The summed E-state index contributed by atoms with van der Waals surface area (Å²) in [6.45, 7) is 4.09. The Morgan fingerprint density at radius 1 is 0.478 bits per heavy atom. The van der Waals surface area contributed by atoms with Crippen molar-refractivity contribution in [3.63, 3.8) is 0 Å². The molecule has 1 atom stereocenters. The number of aliphatic hydroxyl groups is 1. The summed E-state index contributed by atoms with van der Waals surface area (Å²) in [5.74, 6) is -0.598. The first-order chi connectivity index (χ1) is 22.6. The van der Waals surface area contributed by atoms with E-state index >= 15 is 0 Å². The second-order valence-corrected chi connectivity index (χ2v) is 13.4. The van der Waals surface area contributed by atoms with Crippen LogP contribution < -0.4 is 0 Å². The van der Waals surface area contributed by atoms with Crippen molar-refractivity contribution in [1.82, 2.24) is 0 Å². The van der Waals surface area contributed by atoms with Gasteiger partial charge >= 0.3 is 11.9 Å². The molecule has 5 nitrogen and oxygen atoms in total. The fourth-order valence-corrected chi connectivity index (χ4v) is 5.65. The van der Waals surface area contributed by atoms with Gasteiger partial charge in [0.25, 0.3) is 0 Å². The van der Waals surface area contributed by atoms with E-state index in [1.165, 1.54) is 135 Å². The van der Waals surface area contributed by atoms with Crippen LogP contribution in [0, 0.1) is 0 Å². The summed E-state index contributed by atoms with van der Waals surface area (Å²) >= 11 is 0. The van der Waals surface area contributed by atoms with Crippen molar-refractivity contribution >= 4 is 11.9 Å². The minimum Gasteiger partial charge on any atom is -0.462 e. The van der Waals surface area contributed by atoms with E-state index in [4.69, 9.17) is 9.47 Å². The topological polar surface area (TPSA) is 72.8 Å². The van der Waals surface area contributed by atoms with Gasteiger partial charge in [-0.15, -0.1) is 0 Å². The van der Waals surface area contributed by atoms with Crippen LogP contribution in [0.2, 0.25) is 0 Å². The zero-order valence-electron chi connectivity index (χ0n) is 30.6. The number of hydrogen-bond acceptors (Lipinski definition) is 5. The van der Waals surface area contributed by atoms with Crippen molar-refractivity contribution in [3.05, 3.63) is 24.3 Å². The van der Waals surface area contributed by atoms with Crippen molar-refractivity contribution < 1.29 is 24.2 Å². The van der Waals surface area contributed by atoms with Gasteiger partial charge in [-0.3, -0.25) is 9.59 Å². The lowest BCUT2D eigenvalue weighted by molar-refractivity contribution is -0.161. The molecule has 0 unspecified atom stereocenters. The predicted octanol–water partition coefficient (Wildman–Crippen LogP) is 12.3. The van der Waals surface area contributed by atoms with Gasteiger partial charge in [0.05, 0.1) is 6.61 Å². The minimum atomic E-state index is -0.770. The van der Waals surface area contributed by atoms with Gasteiger partial charge < -0.3 is 14.6 Å². The van der Waals surface area contributed by atoms with E-state index in [1.807, 2.05) is 0 Å². The average molecular weight is 649 g/mol. The number of carbonyl (C=O) groups is 2. The number of carbonyl (C=O) groups excluding carboxylic acids is 2. The van der Waals surface area contributed by atoms with E-state index < -0.39 is 6.10 Å². The van der Waals surface area contributed by atoms with Crippen LogP contribution >= 0.6 is 0 Å². The molecule has 0 saturated heterocycles. The first-order valence-corrected chi connectivity index (χ1v) is 19.9. The van der Waals surface area contributed by atoms with Crippen LogP contribution in [0.25, 0.3) is 0 Å². The molecular weight excluding hydrogens is 572 g/mol. The molecule has 1 N–H and O–H groups in total. The number of hydrogen-bond donors (Lipinski definition) is 1. The highest BCUT2D eigenvalue weighted by atomic mass is 16.6. The molecule has 270 valence electrons. The van der Waals surface area contributed by atoms with Gasteiger partial charge in [0.1, 0.15) is 6.61 Å². The van der Waals surface area contributed by atoms with Crippen molar-refractivity contribution in [3.8, 4) is 0 Å². The number of aliphatic hydroxyl groups excluding tert-OH is 1. The maximum absolute atomic E-state index is 12.2. The quantitative estimate of drug-likeness (QED) is 0.0416. The second kappa shape index (κ2) is 37.8. The van der Waals surface area contributed by atoms with Gasteiger partial charge in [0.2, 0.25) is 0 Å². The lowest BCUT2D eigenvalue weighted by atomic mass is 10.0. The zero-order valence-corrected chi connectivity index (χ0v) is 30.6. The van der Waals surface area contributed by atoms with E-state index in [1.54, 1.807) is 0 Å². The fraction of sp³-hybridized carbons (Fsp3) is 0.854. The molecule has 0 aromatic carbocycles. The van der Waals surface area contributed by atoms with Crippen molar-refractivity contribution in [2.45, 2.75) is 213 Å². The first kappa shape index (κ1) is 44.4. The zero-order chi connectivity index (χ0) is 33.6. The molecular formula is C41H76O5. The van der Waals surface area contributed by atoms with Gasteiger partial charge in [-0.05, 0) is 57.8 Å². The molecule has 0 radical (unpaired) electrons. The Balaban J connectivity index is 3.50. The Morgan fingerprint density at radius 2 is 0.826 bits per heavy atom. The summed E-state index contributed by atoms with van der Waals surface area (Å²) in [7, 11) is 0. The molecule has 0 bridgehead atoms. The normalized spacial score (nSPS) is 12.3. The molecule has 0 aromatic heterocycles. The molecule has 0 aromatic rings. The molecule has 0 spiro atoms. The Kier molecular flexibility index (Phi) is 36.5. The summed E-state index contributed by atoms with van der Waals surface area (Å²) in [5.41, 5.74) is 0. The third-order valence-electron chi connectivity index (χ3n) is 8.72. The summed E-state index contributed by atoms with van der Waals surface area (Å²) in [4.78, 5) is 24.2. The van der Waals surface area contributed by atoms with Gasteiger partial charge in [-0.25, -0.2) is 0 Å². The van der Waals surface area contributed by atoms with Gasteiger partial charge in [0.15, 0.2) is 6.10 Å². The molecule has 0 heterocycles. The Bertz CT molecular complexity index is 701. The van der Waals surface area contributed by atoms with Crippen LogP contribution in [0.15, 0.2) is 24.3 Å². The molecule has 0 aliphatic carbocycles. The predicted molar refractivity (Wildman–Crippen MR) is 196 cm³/mol. The third kappa shape index (κ3) is 35.2. The number of ether oxygens (including phenoxy) is 2. The summed E-state index contributed by atoms with van der Waals surface area (Å²) in [5, 5.41) is 9.54. The van der Waals surface area contributed by atoms with Crippen molar-refractivity contribution in [1.29, 1.82) is 0 Å². The third-order valence-corrected chi connectivity index (χ3v) is 8.72. The largest absolute Gasteiger partial charge is 0.462 e. The Hall–Kier alpha value is -1.62. The highest BCUT2D eigenvalue weighted by molar-refractivity contribution is 5.70. The van der Waals surface area contributed by atoms with Crippen molar-refractivity contribution in [2.75, 3.05) is 13.2 Å². The summed E-state index contributed by atoms with van der Waals surface area (Å²) in [6, 6.07) is 0. The van der Waals surface area contributed by atoms with Gasteiger partial charge in [0, 0.05) is 12.8 Å². The van der Waals surface area contributed by atoms with Crippen LogP contribution in [0.4, 0.5) is 0 Å². The van der Waals surface area contributed by atoms with Crippen LogP contribution in [-0.4, -0.2) is 36.4 Å². The number of esters is 2. The summed E-state index contributed by atoms with van der Waals surface area (Å²) < 4.78 is 10.6. The minimum absolute atomic E-state index is 0.0677. The van der Waals surface area contributed by atoms with E-state index in [9.17, 15) is 14.7 Å². The van der Waals surface area contributed by atoms with Crippen molar-refractivity contribution in [2.24, 2.45) is 0 Å². The standard InChI is InChI=1S/C41H76O5/c1-3-5-7-9-11-13-15-16-17-18-19-20-21-22-23-24-26-28-30-32-34-36-41(44)46-39(37-42)38-45-40(43)35-33-31-29-27-25-14-12-10-8-6-4-2/h10,12,16-17,39,42H,3-9,11,13-15,18-38H2,1-2H3/b12-10-,17-16-/t39-/m0/s1. The van der Waals surface area contributed by atoms with E-state index in [-0.39, 0.29) is 25.2 Å². The Morgan fingerprint density at radius 3 is 1.24 bits per heavy atom. The fourth-order valence-electron chi connectivity index (χ4n) is 5.65. The molecule has 0 amide bonds. The second-order valence-electron chi connectivity index (χ2n) is 13.4. The molecule has 0 aliphatic heterocycles. The lowest BCUT2D eigenvalue weighted by Crippen LogP contribution is -2.28. The number of rotatable bonds is 36. The van der Waals surface area contributed by atoms with E-state index in [0.717, 1.165) is 44.9 Å². The average Bonchev–Trinajstić information content (AvgIpc) is 3.06. The lowest BCUT2D eigenvalue weighted by Gasteiger charge is -2.15. The van der Waals surface area contributed by atoms with Crippen LogP contribution in [0.5, 0.6) is 0 Å². The van der Waals surface area contributed by atoms with Crippen LogP contribution in [0.3, 0.4) is 0 Å². The molecule has 5 heteroatoms. The van der Waals surface area contributed by atoms with E-state index in [0.29, 0.717) is 12.8 Å². The molecule has 0 fully saturated rings. The monoisotopic (exact) mass is 649 g/mol. The molecule has 0 rings (SSSR count). The molecule has 0 saturated carbocycles. The first-order valence-electron chi connectivity index (χ1n) is 19.9. The number of allylic oxidation sites excluding steroid dienone is 4.